The quantitative estimate of drug-likeness (QED) is 0.763. The van der Waals surface area contributed by atoms with Gasteiger partial charge in [0.25, 0.3) is 0 Å². The maximum atomic E-state index is 12.3. The van der Waals surface area contributed by atoms with Crippen molar-refractivity contribution in [3.8, 4) is 0 Å². The lowest BCUT2D eigenvalue weighted by molar-refractivity contribution is -0.122. The molecule has 0 saturated carbocycles. The fourth-order valence-corrected chi connectivity index (χ4v) is 2.94. The monoisotopic (exact) mass is 341 g/mol. The number of piperidine rings is 1. The van der Waals surface area contributed by atoms with Crippen LogP contribution in [0.4, 0.5) is 0 Å². The minimum atomic E-state index is -0.197. The van der Waals surface area contributed by atoms with E-state index in [0.29, 0.717) is 12.1 Å². The topological polar surface area (TPSA) is 80.1 Å². The molecule has 1 saturated heterocycles. The minimum Gasteiger partial charge on any atom is -0.353 e. The van der Waals surface area contributed by atoms with Crippen LogP contribution in [0.5, 0.6) is 0 Å². The number of amides is 1. The molecule has 1 aromatic heterocycles. The number of nitrogens with zero attached hydrogens (tertiary/aromatic N) is 4. The summed E-state index contributed by atoms with van der Waals surface area (Å²) in [6.45, 7) is 3.73. The van der Waals surface area contributed by atoms with Gasteiger partial charge in [-0.25, -0.2) is 0 Å². The minimum absolute atomic E-state index is 0.0159. The largest absolute Gasteiger partial charge is 0.353 e. The Morgan fingerprint density at radius 1 is 1.08 bits per heavy atom. The highest BCUT2D eigenvalue weighted by atomic mass is 16.2. The Bertz CT molecular complexity index is 707. The molecule has 0 spiro atoms. The molecule has 7 nitrogen and oxygen atoms in total. The van der Waals surface area contributed by atoms with E-state index in [1.54, 1.807) is 24.3 Å². The van der Waals surface area contributed by atoms with Gasteiger partial charge in [0.05, 0.1) is 6.20 Å². The smallest absolute Gasteiger partial charge is 0.243 e. The Balaban J connectivity index is 1.46. The highest BCUT2D eigenvalue weighted by Gasteiger charge is 2.14. The summed E-state index contributed by atoms with van der Waals surface area (Å²) in [4.78, 5) is 27.9. The molecule has 2 heterocycles. The number of hydrogen-bond acceptors (Lipinski definition) is 5. The van der Waals surface area contributed by atoms with E-state index in [1.807, 2.05) is 6.07 Å². The van der Waals surface area contributed by atoms with Gasteiger partial charge in [-0.05, 0) is 25.9 Å². The van der Waals surface area contributed by atoms with Crippen LogP contribution in [-0.4, -0.2) is 57.8 Å². The number of benzene rings is 1. The van der Waals surface area contributed by atoms with Crippen molar-refractivity contribution in [2.24, 2.45) is 0 Å². The van der Waals surface area contributed by atoms with Crippen molar-refractivity contribution in [1.29, 1.82) is 0 Å². The first-order valence-corrected chi connectivity index (χ1v) is 8.71. The first kappa shape index (κ1) is 17.3. The van der Waals surface area contributed by atoms with E-state index in [4.69, 9.17) is 0 Å². The van der Waals surface area contributed by atoms with Gasteiger partial charge in [0.1, 0.15) is 6.54 Å². The number of hydrogen-bond donors (Lipinski definition) is 1. The molecule has 1 aliphatic rings. The maximum Gasteiger partial charge on any atom is 0.243 e. The van der Waals surface area contributed by atoms with Crippen molar-refractivity contribution in [3.63, 3.8) is 0 Å². The average Bonchev–Trinajstić information content (AvgIpc) is 3.11. The number of aromatic nitrogens is 3. The van der Waals surface area contributed by atoms with Gasteiger partial charge in [0.15, 0.2) is 5.69 Å². The first-order chi connectivity index (χ1) is 12.2. The molecular formula is C18H23N5O2. The number of carbonyl (C=O) groups excluding carboxylic acids is 2. The van der Waals surface area contributed by atoms with Gasteiger partial charge in [0.2, 0.25) is 11.7 Å². The molecule has 1 fully saturated rings. The van der Waals surface area contributed by atoms with Crippen LogP contribution in [0.25, 0.3) is 0 Å². The summed E-state index contributed by atoms with van der Waals surface area (Å²) in [5.74, 6) is -0.344. The lowest BCUT2D eigenvalue weighted by Crippen LogP contribution is -2.38. The molecule has 0 bridgehead atoms. The average molecular weight is 341 g/mol. The summed E-state index contributed by atoms with van der Waals surface area (Å²) < 4.78 is 0. The van der Waals surface area contributed by atoms with E-state index in [9.17, 15) is 9.59 Å². The number of nitrogens with one attached hydrogen (secondary N) is 1. The Morgan fingerprint density at radius 2 is 1.84 bits per heavy atom. The Morgan fingerprint density at radius 3 is 2.60 bits per heavy atom. The predicted molar refractivity (Wildman–Crippen MR) is 93.2 cm³/mol. The molecule has 0 radical (unpaired) electrons. The molecule has 1 N–H and O–H groups in total. The molecule has 2 aromatic rings. The summed E-state index contributed by atoms with van der Waals surface area (Å²) in [6.07, 6.45) is 5.18. The van der Waals surface area contributed by atoms with E-state index in [2.05, 4.69) is 20.4 Å². The van der Waals surface area contributed by atoms with Crippen molar-refractivity contribution < 1.29 is 9.59 Å². The van der Waals surface area contributed by atoms with Gasteiger partial charge in [-0.3, -0.25) is 9.59 Å². The van der Waals surface area contributed by atoms with E-state index in [1.165, 1.54) is 30.3 Å². The van der Waals surface area contributed by atoms with Gasteiger partial charge in [0, 0.05) is 18.7 Å². The van der Waals surface area contributed by atoms with Gasteiger partial charge in [-0.15, -0.1) is 5.10 Å². The van der Waals surface area contributed by atoms with Gasteiger partial charge < -0.3 is 10.2 Å². The Kier molecular flexibility index (Phi) is 5.90. The van der Waals surface area contributed by atoms with E-state index in [0.717, 1.165) is 19.6 Å². The second kappa shape index (κ2) is 8.53. The van der Waals surface area contributed by atoms with Crippen LogP contribution in [0.15, 0.2) is 36.5 Å². The van der Waals surface area contributed by atoms with Crippen LogP contribution in [0.2, 0.25) is 0 Å². The molecule has 7 heteroatoms. The Labute approximate surface area is 147 Å². The number of likely N-dealkylation sites (tertiary alicyclic amines) is 1. The predicted octanol–water partition coefficient (Wildman–Crippen LogP) is 1.11. The third-order valence-corrected chi connectivity index (χ3v) is 4.29. The molecule has 3 rings (SSSR count). The molecule has 1 amide bonds. The van der Waals surface area contributed by atoms with E-state index < -0.39 is 0 Å². The van der Waals surface area contributed by atoms with Crippen LogP contribution in [0.1, 0.15) is 35.3 Å². The number of ketones is 1. The molecule has 0 unspecified atom stereocenters. The standard InChI is InChI=1S/C18H23N5O2/c24-17(19-9-12-22-10-5-2-6-11-22)14-23-20-13-16(21-23)18(25)15-7-3-1-4-8-15/h1,3-4,7-8,13H,2,5-6,9-12,14H2,(H,19,24). The fraction of sp³-hybridized carbons (Fsp3) is 0.444. The van der Waals surface area contributed by atoms with Crippen molar-refractivity contribution in [1.82, 2.24) is 25.2 Å². The summed E-state index contributed by atoms with van der Waals surface area (Å²) in [7, 11) is 0. The van der Waals surface area contributed by atoms with E-state index >= 15 is 0 Å². The van der Waals surface area contributed by atoms with Crippen LogP contribution in [-0.2, 0) is 11.3 Å². The summed E-state index contributed by atoms with van der Waals surface area (Å²) in [6, 6.07) is 8.91. The highest BCUT2D eigenvalue weighted by Crippen LogP contribution is 2.07. The molecule has 1 aromatic carbocycles. The molecule has 0 atom stereocenters. The first-order valence-electron chi connectivity index (χ1n) is 8.71. The third-order valence-electron chi connectivity index (χ3n) is 4.29. The zero-order valence-corrected chi connectivity index (χ0v) is 14.2. The number of rotatable bonds is 7. The summed E-state index contributed by atoms with van der Waals surface area (Å²) in [5, 5.41) is 11.0. The second-order valence-electron chi connectivity index (χ2n) is 6.21. The second-order valence-corrected chi connectivity index (χ2v) is 6.21. The van der Waals surface area contributed by atoms with Crippen LogP contribution in [0.3, 0.4) is 0 Å². The summed E-state index contributed by atoms with van der Waals surface area (Å²) in [5.41, 5.74) is 0.799. The normalized spacial score (nSPS) is 15.0. The van der Waals surface area contributed by atoms with Crippen molar-refractivity contribution in [2.45, 2.75) is 25.8 Å². The third kappa shape index (κ3) is 4.96. The van der Waals surface area contributed by atoms with Crippen molar-refractivity contribution in [2.75, 3.05) is 26.2 Å². The SMILES string of the molecule is O=C(Cn1ncc(C(=O)c2ccccc2)n1)NCCN1CCCCC1. The highest BCUT2D eigenvalue weighted by molar-refractivity contribution is 6.07. The lowest BCUT2D eigenvalue weighted by atomic mass is 10.1. The molecule has 132 valence electrons. The molecular weight excluding hydrogens is 318 g/mol. The summed E-state index contributed by atoms with van der Waals surface area (Å²) >= 11 is 0. The van der Waals surface area contributed by atoms with Gasteiger partial charge >= 0.3 is 0 Å². The van der Waals surface area contributed by atoms with Crippen LogP contribution < -0.4 is 5.32 Å². The van der Waals surface area contributed by atoms with Crippen LogP contribution >= 0.6 is 0 Å². The molecule has 0 aliphatic carbocycles. The molecule has 25 heavy (non-hydrogen) atoms. The van der Waals surface area contributed by atoms with Gasteiger partial charge in [-0.1, -0.05) is 36.8 Å². The maximum absolute atomic E-state index is 12.3. The van der Waals surface area contributed by atoms with Crippen molar-refractivity contribution >= 4 is 11.7 Å². The zero-order chi connectivity index (χ0) is 17.5. The zero-order valence-electron chi connectivity index (χ0n) is 14.2. The van der Waals surface area contributed by atoms with E-state index in [-0.39, 0.29) is 23.9 Å². The lowest BCUT2D eigenvalue weighted by Gasteiger charge is -2.26. The molecule has 1 aliphatic heterocycles. The number of carbonyl (C=O) groups is 2. The van der Waals surface area contributed by atoms with Crippen LogP contribution in [0, 0.1) is 0 Å². The fourth-order valence-electron chi connectivity index (χ4n) is 2.94. The van der Waals surface area contributed by atoms with Crippen molar-refractivity contribution in [3.05, 3.63) is 47.8 Å². The Hall–Kier alpha value is -2.54. The van der Waals surface area contributed by atoms with Gasteiger partial charge in [-0.2, -0.15) is 9.90 Å².